The molecule has 0 fully saturated rings. The maximum Gasteiger partial charge on any atom is 0.306 e. The molecule has 1 atom stereocenters. The van der Waals surface area contributed by atoms with Crippen LogP contribution < -0.4 is 10.6 Å². The third-order valence-corrected chi connectivity index (χ3v) is 4.47. The molecule has 2 rings (SSSR count). The highest BCUT2D eigenvalue weighted by atomic mass is 32.2. The summed E-state index contributed by atoms with van der Waals surface area (Å²) in [5, 5.41) is 7.04. The number of benzene rings is 1. The van der Waals surface area contributed by atoms with Crippen LogP contribution in [0.1, 0.15) is 30.0 Å². The molecule has 1 aliphatic carbocycles. The van der Waals surface area contributed by atoms with Gasteiger partial charge in [-0.05, 0) is 42.4 Å². The van der Waals surface area contributed by atoms with Crippen LogP contribution >= 0.6 is 24.0 Å². The normalized spacial score (nSPS) is 16.0. The van der Waals surface area contributed by atoms with Crippen LogP contribution in [-0.2, 0) is 16.0 Å². The number of esters is 1. The Bertz CT molecular complexity index is 523. The van der Waals surface area contributed by atoms with Crippen LogP contribution in [0.25, 0.3) is 0 Å². The molecular weight excluding hydrogens is 316 g/mol. The maximum absolute atomic E-state index is 11.4. The predicted octanol–water partition coefficient (Wildman–Crippen LogP) is 2.43. The summed E-state index contributed by atoms with van der Waals surface area (Å²) in [4.78, 5) is 11.4. The van der Waals surface area contributed by atoms with Crippen LogP contribution in [0.2, 0.25) is 0 Å². The van der Waals surface area contributed by atoms with Crippen molar-refractivity contribution in [2.75, 3.05) is 25.2 Å². The van der Waals surface area contributed by atoms with Crippen molar-refractivity contribution in [3.8, 4) is 0 Å². The quantitative estimate of drug-likeness (QED) is 0.452. The standard InChI is InChI=1S/C16H22N2O2S2/c1-22-11-8-15(19)20-10-9-17-16(21)18-14-7-6-12-4-2-3-5-13(12)14/h2-5,14H,6-11H2,1H3,(H2,17,18,21). The van der Waals surface area contributed by atoms with Gasteiger partial charge in [-0.2, -0.15) is 11.8 Å². The maximum atomic E-state index is 11.4. The van der Waals surface area contributed by atoms with Crippen molar-refractivity contribution in [3.63, 3.8) is 0 Å². The van der Waals surface area contributed by atoms with Gasteiger partial charge in [0.15, 0.2) is 5.11 Å². The lowest BCUT2D eigenvalue weighted by Gasteiger charge is -2.17. The van der Waals surface area contributed by atoms with Crippen LogP contribution in [0.15, 0.2) is 24.3 Å². The molecule has 1 aromatic carbocycles. The van der Waals surface area contributed by atoms with Crippen LogP contribution in [0.4, 0.5) is 0 Å². The number of thioether (sulfide) groups is 1. The average molecular weight is 338 g/mol. The smallest absolute Gasteiger partial charge is 0.306 e. The Labute approximate surface area is 141 Å². The van der Waals surface area contributed by atoms with E-state index in [0.717, 1.165) is 18.6 Å². The molecule has 0 amide bonds. The molecule has 0 aromatic heterocycles. The zero-order chi connectivity index (χ0) is 15.8. The SMILES string of the molecule is CSCCC(=O)OCCNC(=S)NC1CCc2ccccc21. The fourth-order valence-corrected chi connectivity index (χ4v) is 3.12. The van der Waals surface area contributed by atoms with Gasteiger partial charge in [-0.3, -0.25) is 4.79 Å². The monoisotopic (exact) mass is 338 g/mol. The summed E-state index contributed by atoms with van der Waals surface area (Å²) in [6.45, 7) is 0.876. The van der Waals surface area contributed by atoms with Crippen LogP contribution in [0, 0.1) is 0 Å². The van der Waals surface area contributed by atoms with Crippen molar-refractivity contribution in [2.24, 2.45) is 0 Å². The summed E-state index contributed by atoms with van der Waals surface area (Å²) in [6.07, 6.45) is 4.58. The molecule has 1 aliphatic rings. The first-order chi connectivity index (χ1) is 10.7. The highest BCUT2D eigenvalue weighted by Crippen LogP contribution is 2.30. The third-order valence-electron chi connectivity index (χ3n) is 3.60. The number of carbonyl (C=O) groups excluding carboxylic acids is 1. The summed E-state index contributed by atoms with van der Waals surface area (Å²) in [7, 11) is 0. The zero-order valence-electron chi connectivity index (χ0n) is 12.8. The molecule has 0 bridgehead atoms. The predicted molar refractivity (Wildman–Crippen MR) is 95.2 cm³/mol. The summed E-state index contributed by atoms with van der Waals surface area (Å²) in [5.41, 5.74) is 2.72. The fourth-order valence-electron chi connectivity index (χ4n) is 2.50. The number of hydrogen-bond donors (Lipinski definition) is 2. The van der Waals surface area contributed by atoms with Gasteiger partial charge in [-0.15, -0.1) is 0 Å². The van der Waals surface area contributed by atoms with Crippen molar-refractivity contribution in [1.82, 2.24) is 10.6 Å². The number of fused-ring (bicyclic) bond motifs is 1. The molecule has 0 saturated heterocycles. The molecule has 0 aliphatic heterocycles. The lowest BCUT2D eigenvalue weighted by atomic mass is 10.1. The fraction of sp³-hybridized carbons (Fsp3) is 0.500. The highest BCUT2D eigenvalue weighted by molar-refractivity contribution is 7.98. The van der Waals surface area contributed by atoms with E-state index >= 15 is 0 Å². The van der Waals surface area contributed by atoms with Gasteiger partial charge >= 0.3 is 5.97 Å². The number of aryl methyl sites for hydroxylation is 1. The summed E-state index contributed by atoms with van der Waals surface area (Å²) in [5.74, 6) is 0.646. The molecular formula is C16H22N2O2S2. The van der Waals surface area contributed by atoms with Crippen molar-refractivity contribution in [1.29, 1.82) is 0 Å². The van der Waals surface area contributed by atoms with Crippen molar-refractivity contribution in [2.45, 2.75) is 25.3 Å². The van der Waals surface area contributed by atoms with Gasteiger partial charge in [0.1, 0.15) is 6.61 Å². The van der Waals surface area contributed by atoms with Crippen LogP contribution in [0.5, 0.6) is 0 Å². The van der Waals surface area contributed by atoms with E-state index in [9.17, 15) is 4.79 Å². The minimum Gasteiger partial charge on any atom is -0.464 e. The second-order valence-corrected chi connectivity index (χ2v) is 6.55. The Kier molecular flexibility index (Phi) is 6.99. The van der Waals surface area contributed by atoms with E-state index < -0.39 is 0 Å². The Hall–Kier alpha value is -1.27. The van der Waals surface area contributed by atoms with Gasteiger partial charge in [0.05, 0.1) is 19.0 Å². The van der Waals surface area contributed by atoms with E-state index in [1.165, 1.54) is 11.1 Å². The van der Waals surface area contributed by atoms with Crippen LogP contribution in [0.3, 0.4) is 0 Å². The molecule has 1 aromatic rings. The van der Waals surface area contributed by atoms with Gasteiger partial charge in [-0.1, -0.05) is 24.3 Å². The van der Waals surface area contributed by atoms with E-state index in [1.807, 2.05) is 6.26 Å². The summed E-state index contributed by atoms with van der Waals surface area (Å²) >= 11 is 6.94. The van der Waals surface area contributed by atoms with E-state index in [4.69, 9.17) is 17.0 Å². The molecule has 0 radical (unpaired) electrons. The molecule has 4 nitrogen and oxygen atoms in total. The molecule has 120 valence electrons. The minimum absolute atomic E-state index is 0.153. The molecule has 2 N–H and O–H groups in total. The van der Waals surface area contributed by atoms with Gasteiger partial charge in [0.25, 0.3) is 0 Å². The number of nitrogens with one attached hydrogen (secondary N) is 2. The third kappa shape index (κ3) is 5.18. The van der Waals surface area contributed by atoms with Crippen molar-refractivity contribution in [3.05, 3.63) is 35.4 Å². The Morgan fingerprint density at radius 3 is 3.09 bits per heavy atom. The molecule has 1 unspecified atom stereocenters. The van der Waals surface area contributed by atoms with E-state index in [1.54, 1.807) is 11.8 Å². The number of hydrogen-bond acceptors (Lipinski definition) is 4. The molecule has 0 heterocycles. The van der Waals surface area contributed by atoms with Gasteiger partial charge in [0, 0.05) is 5.75 Å². The van der Waals surface area contributed by atoms with E-state index in [-0.39, 0.29) is 12.0 Å². The Morgan fingerprint density at radius 2 is 2.27 bits per heavy atom. The molecule has 0 saturated carbocycles. The second kappa shape index (κ2) is 9.00. The number of rotatable bonds is 7. The molecule has 22 heavy (non-hydrogen) atoms. The van der Waals surface area contributed by atoms with E-state index in [2.05, 4.69) is 34.9 Å². The lowest BCUT2D eigenvalue weighted by molar-refractivity contribution is -0.142. The first-order valence-electron chi connectivity index (χ1n) is 7.47. The van der Waals surface area contributed by atoms with Gasteiger partial charge in [0.2, 0.25) is 0 Å². The molecule has 6 heteroatoms. The molecule has 0 spiro atoms. The summed E-state index contributed by atoms with van der Waals surface area (Å²) < 4.78 is 5.12. The Balaban J connectivity index is 1.64. The lowest BCUT2D eigenvalue weighted by Crippen LogP contribution is -2.38. The summed E-state index contributed by atoms with van der Waals surface area (Å²) in [6, 6.07) is 8.73. The highest BCUT2D eigenvalue weighted by Gasteiger charge is 2.22. The van der Waals surface area contributed by atoms with Crippen LogP contribution in [-0.4, -0.2) is 36.2 Å². The number of carbonyl (C=O) groups is 1. The van der Waals surface area contributed by atoms with E-state index in [0.29, 0.717) is 24.7 Å². The second-order valence-electron chi connectivity index (χ2n) is 5.15. The topological polar surface area (TPSA) is 50.4 Å². The van der Waals surface area contributed by atoms with Gasteiger partial charge in [-0.25, -0.2) is 0 Å². The van der Waals surface area contributed by atoms with Gasteiger partial charge < -0.3 is 15.4 Å². The first-order valence-corrected chi connectivity index (χ1v) is 9.27. The minimum atomic E-state index is -0.153. The largest absolute Gasteiger partial charge is 0.464 e. The number of ether oxygens (including phenoxy) is 1. The first kappa shape index (κ1) is 17.1. The van der Waals surface area contributed by atoms with Crippen molar-refractivity contribution < 1.29 is 9.53 Å². The van der Waals surface area contributed by atoms with Crippen molar-refractivity contribution >= 4 is 35.1 Å². The Morgan fingerprint density at radius 1 is 1.45 bits per heavy atom. The zero-order valence-corrected chi connectivity index (χ0v) is 14.4. The number of thiocarbonyl (C=S) groups is 1. The average Bonchev–Trinajstić information content (AvgIpc) is 2.93.